The Kier molecular flexibility index (Phi) is 6.37. The molecule has 2 aromatic carbocycles. The Morgan fingerprint density at radius 3 is 2.55 bits per heavy atom. The fourth-order valence-corrected chi connectivity index (χ4v) is 4.65. The van der Waals surface area contributed by atoms with Crippen LogP contribution in [0.4, 0.5) is 4.39 Å². The Balaban J connectivity index is 1.91. The molecule has 0 amide bonds. The van der Waals surface area contributed by atoms with Gasteiger partial charge in [-0.05, 0) is 48.4 Å². The van der Waals surface area contributed by atoms with Crippen LogP contribution in [0.3, 0.4) is 0 Å². The number of esters is 1. The van der Waals surface area contributed by atoms with Crippen LogP contribution in [0.25, 0.3) is 6.08 Å². The number of carbonyl (C=O) groups excluding carboxylic acids is 1. The molecule has 8 heteroatoms. The van der Waals surface area contributed by atoms with E-state index in [0.717, 1.165) is 0 Å². The second-order valence-corrected chi connectivity index (χ2v) is 8.30. The summed E-state index contributed by atoms with van der Waals surface area (Å²) in [6, 6.07) is 12.3. The molecule has 1 aliphatic heterocycles. The summed E-state index contributed by atoms with van der Waals surface area (Å²) in [6.45, 7) is 5.34. The normalized spacial score (nSPS) is 15.6. The van der Waals surface area contributed by atoms with Crippen LogP contribution in [0.5, 0.6) is 5.75 Å². The first-order valence-electron chi connectivity index (χ1n) is 10.1. The molecule has 0 radical (unpaired) electrons. The van der Waals surface area contributed by atoms with E-state index in [1.54, 1.807) is 56.5 Å². The number of thiazole rings is 1. The average molecular weight is 465 g/mol. The maximum absolute atomic E-state index is 13.5. The first-order valence-corrected chi connectivity index (χ1v) is 10.9. The number of nitrogens with zero attached hydrogens (tertiary/aromatic N) is 2. The van der Waals surface area contributed by atoms with Gasteiger partial charge in [-0.2, -0.15) is 0 Å². The SMILES string of the molecule is C=CCOC(=O)C1=C(C)N=c2s/c(=C/c3ccc(F)cc3)c(=O)n2C1c1ccc(OC)cc1. The van der Waals surface area contributed by atoms with Crippen LogP contribution in [0.2, 0.25) is 0 Å². The topological polar surface area (TPSA) is 69.9 Å². The van der Waals surface area contributed by atoms with E-state index >= 15 is 0 Å². The van der Waals surface area contributed by atoms with Crippen LogP contribution >= 0.6 is 11.3 Å². The van der Waals surface area contributed by atoms with Crippen molar-refractivity contribution in [3.8, 4) is 5.75 Å². The van der Waals surface area contributed by atoms with E-state index in [2.05, 4.69) is 11.6 Å². The molecule has 0 N–H and O–H groups in total. The maximum atomic E-state index is 13.5. The highest BCUT2D eigenvalue weighted by Crippen LogP contribution is 2.31. The Morgan fingerprint density at radius 1 is 1.21 bits per heavy atom. The molecule has 4 rings (SSSR count). The minimum Gasteiger partial charge on any atom is -0.497 e. The van der Waals surface area contributed by atoms with Crippen molar-refractivity contribution in [3.63, 3.8) is 0 Å². The van der Waals surface area contributed by atoms with Gasteiger partial charge in [-0.15, -0.1) is 0 Å². The highest BCUT2D eigenvalue weighted by Gasteiger charge is 2.33. The smallest absolute Gasteiger partial charge is 0.338 e. The number of rotatable bonds is 6. The summed E-state index contributed by atoms with van der Waals surface area (Å²) in [5.74, 6) is -0.268. The number of carbonyl (C=O) groups is 1. The first-order chi connectivity index (χ1) is 15.9. The van der Waals surface area contributed by atoms with E-state index in [9.17, 15) is 14.0 Å². The Bertz CT molecular complexity index is 1420. The second-order valence-electron chi connectivity index (χ2n) is 7.29. The molecule has 1 aliphatic rings. The van der Waals surface area contributed by atoms with E-state index in [1.807, 2.05) is 0 Å². The molecule has 168 valence electrons. The zero-order valence-electron chi connectivity index (χ0n) is 18.1. The van der Waals surface area contributed by atoms with Gasteiger partial charge in [0, 0.05) is 0 Å². The monoisotopic (exact) mass is 464 g/mol. The lowest BCUT2D eigenvalue weighted by Gasteiger charge is -2.24. The molecular formula is C25H21FN2O4S. The molecule has 33 heavy (non-hydrogen) atoms. The van der Waals surface area contributed by atoms with Gasteiger partial charge in [0.05, 0.1) is 29.0 Å². The van der Waals surface area contributed by atoms with Crippen LogP contribution in [0, 0.1) is 5.82 Å². The zero-order valence-corrected chi connectivity index (χ0v) is 18.9. The van der Waals surface area contributed by atoms with Crippen molar-refractivity contribution in [1.82, 2.24) is 4.57 Å². The maximum Gasteiger partial charge on any atom is 0.338 e. The molecule has 1 atom stereocenters. The zero-order chi connectivity index (χ0) is 23.5. The van der Waals surface area contributed by atoms with E-state index < -0.39 is 12.0 Å². The largest absolute Gasteiger partial charge is 0.497 e. The predicted molar refractivity (Wildman–Crippen MR) is 124 cm³/mol. The highest BCUT2D eigenvalue weighted by atomic mass is 32.1. The molecule has 0 fully saturated rings. The Labute approximate surface area is 193 Å². The van der Waals surface area contributed by atoms with Crippen molar-refractivity contribution in [2.75, 3.05) is 13.7 Å². The first kappa shape index (κ1) is 22.4. The van der Waals surface area contributed by atoms with Crippen molar-refractivity contribution in [1.29, 1.82) is 0 Å². The van der Waals surface area contributed by atoms with E-state index in [-0.39, 0.29) is 23.6 Å². The van der Waals surface area contributed by atoms with E-state index in [0.29, 0.717) is 31.9 Å². The molecule has 0 aliphatic carbocycles. The lowest BCUT2D eigenvalue weighted by atomic mass is 9.96. The molecule has 0 saturated carbocycles. The van der Waals surface area contributed by atoms with Crippen molar-refractivity contribution in [2.45, 2.75) is 13.0 Å². The van der Waals surface area contributed by atoms with Gasteiger partial charge < -0.3 is 9.47 Å². The van der Waals surface area contributed by atoms with Crippen molar-refractivity contribution < 1.29 is 18.7 Å². The molecular weight excluding hydrogens is 443 g/mol. The minimum absolute atomic E-state index is 0.0416. The number of methoxy groups -OCH3 is 1. The predicted octanol–water partition coefficient (Wildman–Crippen LogP) is 3.11. The van der Waals surface area contributed by atoms with Crippen LogP contribution in [-0.4, -0.2) is 24.3 Å². The van der Waals surface area contributed by atoms with Crippen LogP contribution in [-0.2, 0) is 9.53 Å². The summed E-state index contributed by atoms with van der Waals surface area (Å²) in [5, 5.41) is 0. The summed E-state index contributed by atoms with van der Waals surface area (Å²) in [6.07, 6.45) is 3.16. The number of hydrogen-bond donors (Lipinski definition) is 0. The lowest BCUT2D eigenvalue weighted by molar-refractivity contribution is -0.138. The fraction of sp³-hybridized carbons (Fsp3) is 0.160. The Morgan fingerprint density at radius 2 is 1.91 bits per heavy atom. The van der Waals surface area contributed by atoms with E-state index in [4.69, 9.17) is 9.47 Å². The van der Waals surface area contributed by atoms with Gasteiger partial charge in [0.1, 0.15) is 18.2 Å². The average Bonchev–Trinajstić information content (AvgIpc) is 3.12. The molecule has 1 unspecified atom stereocenters. The van der Waals surface area contributed by atoms with Crippen LogP contribution in [0.1, 0.15) is 24.1 Å². The molecule has 0 spiro atoms. The molecule has 0 bridgehead atoms. The third-order valence-electron chi connectivity index (χ3n) is 5.17. The summed E-state index contributed by atoms with van der Waals surface area (Å²) in [4.78, 5) is 31.4. The minimum atomic E-state index is -0.722. The van der Waals surface area contributed by atoms with Gasteiger partial charge in [0.25, 0.3) is 5.56 Å². The third-order valence-corrected chi connectivity index (χ3v) is 6.16. The standard InChI is InChI=1S/C25H21FN2O4S/c1-4-13-32-24(30)21-15(2)27-25-28(22(21)17-7-11-19(31-3)12-8-17)23(29)20(33-25)14-16-5-9-18(26)10-6-16/h4-12,14,22H,1,13H2,2-3H3/b20-14+. The second kappa shape index (κ2) is 9.38. The summed E-state index contributed by atoms with van der Waals surface area (Å²) < 4.78 is 25.8. The van der Waals surface area contributed by atoms with Crippen molar-refractivity contribution >= 4 is 23.4 Å². The summed E-state index contributed by atoms with van der Waals surface area (Å²) >= 11 is 1.21. The van der Waals surface area contributed by atoms with Gasteiger partial charge in [0.15, 0.2) is 4.80 Å². The van der Waals surface area contributed by atoms with Crippen LogP contribution in [0.15, 0.2) is 82.2 Å². The van der Waals surface area contributed by atoms with E-state index in [1.165, 1.54) is 34.1 Å². The molecule has 3 aromatic rings. The number of hydrogen-bond acceptors (Lipinski definition) is 6. The molecule has 6 nitrogen and oxygen atoms in total. The summed E-state index contributed by atoms with van der Waals surface area (Å²) in [5.41, 5.74) is 1.85. The third kappa shape index (κ3) is 4.42. The number of halogens is 1. The fourth-order valence-electron chi connectivity index (χ4n) is 3.61. The van der Waals surface area contributed by atoms with Crippen LogP contribution < -0.4 is 19.6 Å². The number of allylic oxidation sites excluding steroid dienone is 1. The van der Waals surface area contributed by atoms with Gasteiger partial charge in [0.2, 0.25) is 0 Å². The Hall–Kier alpha value is -3.78. The molecule has 0 saturated heterocycles. The number of aromatic nitrogens is 1. The van der Waals surface area contributed by atoms with Crippen molar-refractivity contribution in [2.24, 2.45) is 4.99 Å². The quantitative estimate of drug-likeness (QED) is 0.415. The van der Waals surface area contributed by atoms with Gasteiger partial charge in [-0.1, -0.05) is 48.3 Å². The van der Waals surface area contributed by atoms with Gasteiger partial charge in [-0.25, -0.2) is 14.2 Å². The van der Waals surface area contributed by atoms with Gasteiger partial charge in [-0.3, -0.25) is 9.36 Å². The number of ether oxygens (including phenoxy) is 2. The summed E-state index contributed by atoms with van der Waals surface area (Å²) in [7, 11) is 1.57. The van der Waals surface area contributed by atoms with Crippen molar-refractivity contribution in [3.05, 3.63) is 109 Å². The molecule has 2 heterocycles. The van der Waals surface area contributed by atoms with Gasteiger partial charge >= 0.3 is 5.97 Å². The lowest BCUT2D eigenvalue weighted by Crippen LogP contribution is -2.39. The number of fused-ring (bicyclic) bond motifs is 1. The highest BCUT2D eigenvalue weighted by molar-refractivity contribution is 7.07. The molecule has 1 aromatic heterocycles. The number of benzene rings is 2.